The Morgan fingerprint density at radius 1 is 1.00 bits per heavy atom. The van der Waals surface area contributed by atoms with E-state index in [2.05, 4.69) is 0 Å². The second-order valence-corrected chi connectivity index (χ2v) is 5.20. The van der Waals surface area contributed by atoms with Gasteiger partial charge in [-0.2, -0.15) is 0 Å². The van der Waals surface area contributed by atoms with Crippen molar-refractivity contribution in [3.8, 4) is 34.5 Å². The molecule has 0 aromatic heterocycles. The highest BCUT2D eigenvalue weighted by Gasteiger charge is 2.28. The third kappa shape index (κ3) is 2.01. The first kappa shape index (κ1) is 14.4. The van der Waals surface area contributed by atoms with Crippen LogP contribution in [-0.2, 0) is 12.8 Å². The molecule has 0 fully saturated rings. The summed E-state index contributed by atoms with van der Waals surface area (Å²) in [6.45, 7) is 1.74. The zero-order valence-corrected chi connectivity index (χ0v) is 12.8. The van der Waals surface area contributed by atoms with Crippen LogP contribution in [0.3, 0.4) is 0 Å². The second kappa shape index (κ2) is 5.33. The van der Waals surface area contributed by atoms with Crippen molar-refractivity contribution >= 4 is 0 Å². The third-order valence-corrected chi connectivity index (χ3v) is 4.02. The van der Waals surface area contributed by atoms with Gasteiger partial charge in [0, 0.05) is 16.7 Å². The van der Waals surface area contributed by atoms with Gasteiger partial charge in [-0.25, -0.2) is 0 Å². The lowest BCUT2D eigenvalue weighted by atomic mass is 10.00. The molecular formula is C17H18O5. The maximum absolute atomic E-state index is 10.5. The van der Waals surface area contributed by atoms with Crippen LogP contribution in [0.2, 0.25) is 0 Å². The molecule has 0 saturated heterocycles. The van der Waals surface area contributed by atoms with E-state index in [0.29, 0.717) is 41.4 Å². The van der Waals surface area contributed by atoms with Gasteiger partial charge in [-0.3, -0.25) is 0 Å². The summed E-state index contributed by atoms with van der Waals surface area (Å²) in [5.41, 5.74) is 2.01. The number of rotatable bonds is 2. The van der Waals surface area contributed by atoms with Crippen molar-refractivity contribution in [2.75, 3.05) is 14.2 Å². The van der Waals surface area contributed by atoms with E-state index < -0.39 is 0 Å². The van der Waals surface area contributed by atoms with Gasteiger partial charge in [-0.15, -0.1) is 0 Å². The Morgan fingerprint density at radius 2 is 1.68 bits per heavy atom. The van der Waals surface area contributed by atoms with Crippen LogP contribution in [0.1, 0.15) is 16.7 Å². The van der Waals surface area contributed by atoms with E-state index in [-0.39, 0.29) is 11.5 Å². The first-order valence-electron chi connectivity index (χ1n) is 7.03. The minimum atomic E-state index is 0.0313. The highest BCUT2D eigenvalue weighted by molar-refractivity contribution is 5.67. The molecule has 1 aliphatic heterocycles. The van der Waals surface area contributed by atoms with Gasteiger partial charge in [-0.1, -0.05) is 6.07 Å². The fourth-order valence-electron chi connectivity index (χ4n) is 2.89. The molecule has 0 radical (unpaired) electrons. The Morgan fingerprint density at radius 3 is 2.36 bits per heavy atom. The predicted octanol–water partition coefficient (Wildman–Crippen LogP) is 3.31. The average Bonchev–Trinajstić information content (AvgIpc) is 2.71. The van der Waals surface area contributed by atoms with Gasteiger partial charge in [-0.05, 0) is 31.9 Å². The van der Waals surface area contributed by atoms with Crippen molar-refractivity contribution in [2.45, 2.75) is 19.8 Å². The van der Waals surface area contributed by atoms with Gasteiger partial charge in [0.15, 0.2) is 23.0 Å². The van der Waals surface area contributed by atoms with Crippen molar-refractivity contribution in [2.24, 2.45) is 0 Å². The number of fused-ring (bicyclic) bond motifs is 2. The van der Waals surface area contributed by atoms with Crippen molar-refractivity contribution < 1.29 is 24.4 Å². The lowest BCUT2D eigenvalue weighted by Gasteiger charge is -2.19. The maximum Gasteiger partial charge on any atom is 0.176 e. The van der Waals surface area contributed by atoms with Crippen LogP contribution < -0.4 is 14.2 Å². The van der Waals surface area contributed by atoms with Crippen LogP contribution in [0, 0.1) is 6.92 Å². The quantitative estimate of drug-likeness (QED) is 0.890. The number of benzene rings is 2. The highest BCUT2D eigenvalue weighted by atomic mass is 16.5. The summed E-state index contributed by atoms with van der Waals surface area (Å²) in [5, 5.41) is 20.5. The number of hydrogen-bond acceptors (Lipinski definition) is 5. The minimum Gasteiger partial charge on any atom is -0.508 e. The topological polar surface area (TPSA) is 68.2 Å². The van der Waals surface area contributed by atoms with Crippen LogP contribution in [-0.4, -0.2) is 24.4 Å². The minimum absolute atomic E-state index is 0.0313. The summed E-state index contributed by atoms with van der Waals surface area (Å²) in [6.07, 6.45) is 1.14. The van der Waals surface area contributed by atoms with E-state index in [4.69, 9.17) is 14.2 Å². The van der Waals surface area contributed by atoms with Gasteiger partial charge >= 0.3 is 0 Å². The van der Waals surface area contributed by atoms with E-state index in [9.17, 15) is 10.2 Å². The molecule has 0 bridgehead atoms. The summed E-state index contributed by atoms with van der Waals surface area (Å²) in [7, 11) is 3.10. The summed E-state index contributed by atoms with van der Waals surface area (Å²) in [5.74, 6) is 2.18. The molecule has 2 N–H and O–H groups in total. The Hall–Kier alpha value is -2.56. The van der Waals surface area contributed by atoms with E-state index in [0.717, 1.165) is 11.1 Å². The van der Waals surface area contributed by atoms with Gasteiger partial charge in [0.2, 0.25) is 0 Å². The van der Waals surface area contributed by atoms with E-state index >= 15 is 0 Å². The van der Waals surface area contributed by atoms with Crippen LogP contribution >= 0.6 is 0 Å². The summed E-state index contributed by atoms with van der Waals surface area (Å²) in [4.78, 5) is 0. The second-order valence-electron chi connectivity index (χ2n) is 5.20. The molecule has 0 unspecified atom stereocenters. The molecule has 1 aliphatic rings. The molecule has 22 heavy (non-hydrogen) atoms. The number of hydrogen-bond donors (Lipinski definition) is 2. The molecule has 0 aliphatic carbocycles. The van der Waals surface area contributed by atoms with Gasteiger partial charge < -0.3 is 24.4 Å². The lowest BCUT2D eigenvalue weighted by Crippen LogP contribution is -2.01. The van der Waals surface area contributed by atoms with Crippen molar-refractivity contribution in [3.05, 3.63) is 34.9 Å². The zero-order valence-electron chi connectivity index (χ0n) is 12.8. The molecular weight excluding hydrogens is 284 g/mol. The van der Waals surface area contributed by atoms with Crippen LogP contribution in [0.5, 0.6) is 34.5 Å². The van der Waals surface area contributed by atoms with Gasteiger partial charge in [0.1, 0.15) is 11.5 Å². The largest absolute Gasteiger partial charge is 0.508 e. The van der Waals surface area contributed by atoms with E-state index in [1.165, 1.54) is 7.11 Å². The third-order valence-electron chi connectivity index (χ3n) is 4.02. The zero-order chi connectivity index (χ0) is 15.9. The molecule has 5 nitrogen and oxygen atoms in total. The molecule has 116 valence electrons. The fraction of sp³-hybridized carbons (Fsp3) is 0.294. The molecule has 2 aromatic rings. The number of phenolic OH excluding ortho intramolecular Hbond substituents is 2. The first-order valence-corrected chi connectivity index (χ1v) is 7.03. The Bertz CT molecular complexity index is 737. The first-order chi connectivity index (χ1) is 10.6. The standard InChI is InChI=1S/C17H18O5/c1-9-14(19)16-11(17(21-3)15(9)20-2)8-7-10-12(18)5-4-6-13(10)22-16/h4-6,18-19H,7-8H2,1-3H3. The lowest BCUT2D eigenvalue weighted by molar-refractivity contribution is 0.337. The summed E-state index contributed by atoms with van der Waals surface area (Å²) >= 11 is 0. The number of aromatic hydroxyl groups is 2. The normalized spacial score (nSPS) is 12.7. The summed E-state index contributed by atoms with van der Waals surface area (Å²) in [6, 6.07) is 5.11. The van der Waals surface area contributed by atoms with Crippen molar-refractivity contribution in [1.82, 2.24) is 0 Å². The smallest absolute Gasteiger partial charge is 0.176 e. The van der Waals surface area contributed by atoms with Crippen molar-refractivity contribution in [1.29, 1.82) is 0 Å². The molecule has 0 saturated carbocycles. The molecule has 2 aromatic carbocycles. The highest BCUT2D eigenvalue weighted by Crippen LogP contribution is 2.51. The van der Waals surface area contributed by atoms with Gasteiger partial charge in [0.25, 0.3) is 0 Å². The fourth-order valence-corrected chi connectivity index (χ4v) is 2.89. The predicted molar refractivity (Wildman–Crippen MR) is 81.5 cm³/mol. The molecule has 0 amide bonds. The van der Waals surface area contributed by atoms with Gasteiger partial charge in [0.05, 0.1) is 14.2 Å². The SMILES string of the molecule is COc1c(C)c(O)c2c(c1OC)CCc1c(O)cccc1O2. The maximum atomic E-state index is 10.5. The van der Waals surface area contributed by atoms with E-state index in [1.807, 2.05) is 0 Å². The molecule has 1 heterocycles. The number of phenols is 2. The van der Waals surface area contributed by atoms with Crippen LogP contribution in [0.4, 0.5) is 0 Å². The van der Waals surface area contributed by atoms with Crippen LogP contribution in [0.25, 0.3) is 0 Å². The Kier molecular flexibility index (Phi) is 3.48. The molecule has 0 spiro atoms. The molecule has 0 atom stereocenters. The van der Waals surface area contributed by atoms with Crippen LogP contribution in [0.15, 0.2) is 18.2 Å². The summed E-state index contributed by atoms with van der Waals surface area (Å²) < 4.78 is 16.7. The number of methoxy groups -OCH3 is 2. The Balaban J connectivity index is 2.24. The monoisotopic (exact) mass is 302 g/mol. The van der Waals surface area contributed by atoms with E-state index in [1.54, 1.807) is 32.2 Å². The molecule has 3 rings (SSSR count). The number of ether oxygens (including phenoxy) is 3. The van der Waals surface area contributed by atoms with Crippen molar-refractivity contribution in [3.63, 3.8) is 0 Å². The average molecular weight is 302 g/mol. The Labute approximate surface area is 128 Å². The molecule has 5 heteroatoms.